The Morgan fingerprint density at radius 3 is 2.56 bits per heavy atom. The lowest BCUT2D eigenvalue weighted by atomic mass is 9.87. The van der Waals surface area contributed by atoms with E-state index in [9.17, 15) is 14.0 Å². The Morgan fingerprint density at radius 2 is 1.96 bits per heavy atom. The number of alkyl halides is 1. The third-order valence-electron chi connectivity index (χ3n) is 4.04. The molecule has 0 N–H and O–H groups in total. The summed E-state index contributed by atoms with van der Waals surface area (Å²) < 4.78 is 31.0. The highest BCUT2D eigenvalue weighted by Gasteiger charge is 2.32. The van der Waals surface area contributed by atoms with Crippen LogP contribution in [0.4, 0.5) is 4.39 Å². The zero-order chi connectivity index (χ0) is 20.2. The van der Waals surface area contributed by atoms with E-state index < -0.39 is 17.2 Å². The van der Waals surface area contributed by atoms with Crippen LogP contribution in [0.1, 0.15) is 36.4 Å². The highest BCUT2D eigenvalue weighted by Crippen LogP contribution is 2.40. The quantitative estimate of drug-likeness (QED) is 0.228. The molecule has 0 saturated carbocycles. The normalized spacial score (nSPS) is 11.5. The summed E-state index contributed by atoms with van der Waals surface area (Å²) >= 11 is 4.46. The number of carbonyl (C=O) groups excluding carboxylic acids is 2. The van der Waals surface area contributed by atoms with Gasteiger partial charge >= 0.3 is 5.97 Å². The van der Waals surface area contributed by atoms with Gasteiger partial charge in [-0.25, -0.2) is 4.39 Å². The molecule has 0 spiro atoms. The zero-order valence-electron chi connectivity index (χ0n) is 15.7. The number of fused-ring (bicyclic) bond motifs is 1. The van der Waals surface area contributed by atoms with E-state index in [4.69, 9.17) is 14.2 Å². The smallest absolute Gasteiger partial charge is 0.311 e. The van der Waals surface area contributed by atoms with Gasteiger partial charge in [0, 0.05) is 27.9 Å². The Balaban J connectivity index is 2.37. The molecule has 27 heavy (non-hydrogen) atoms. The number of thiophene rings is 1. The average molecular weight is 461 g/mol. The van der Waals surface area contributed by atoms with Gasteiger partial charge in [0.1, 0.15) is 0 Å². The average Bonchev–Trinajstić information content (AvgIpc) is 3.07. The minimum atomic E-state index is -0.956. The summed E-state index contributed by atoms with van der Waals surface area (Å²) in [5, 5.41) is 1.04. The third-order valence-corrected chi connectivity index (χ3v) is 5.73. The first kappa shape index (κ1) is 21.6. The first-order chi connectivity index (χ1) is 12.7. The molecular weight excluding hydrogens is 439 g/mol. The Kier molecular flexibility index (Phi) is 7.22. The van der Waals surface area contributed by atoms with Crippen molar-refractivity contribution < 1.29 is 28.2 Å². The molecule has 0 aliphatic heterocycles. The third kappa shape index (κ3) is 4.79. The number of hydrogen-bond donors (Lipinski definition) is 0. The molecule has 1 heterocycles. The second kappa shape index (κ2) is 9.01. The van der Waals surface area contributed by atoms with Gasteiger partial charge in [-0.3, -0.25) is 9.59 Å². The van der Waals surface area contributed by atoms with Crippen molar-refractivity contribution in [3.63, 3.8) is 0 Å². The molecular formula is C19H22BrFO5S. The summed E-state index contributed by atoms with van der Waals surface area (Å²) in [6.07, 6.45) is 0.691. The fourth-order valence-corrected chi connectivity index (χ4v) is 3.84. The van der Waals surface area contributed by atoms with Crippen molar-refractivity contribution in [2.45, 2.75) is 26.7 Å². The molecule has 0 radical (unpaired) electrons. The molecule has 5 nitrogen and oxygen atoms in total. The molecule has 2 aromatic rings. The van der Waals surface area contributed by atoms with Crippen LogP contribution in [0.15, 0.2) is 12.1 Å². The maximum Gasteiger partial charge on any atom is 0.311 e. The zero-order valence-corrected chi connectivity index (χ0v) is 18.1. The monoisotopic (exact) mass is 460 g/mol. The number of esters is 1. The summed E-state index contributed by atoms with van der Waals surface area (Å²) in [6, 6.07) is 3.16. The minimum Gasteiger partial charge on any atom is -0.493 e. The van der Waals surface area contributed by atoms with Gasteiger partial charge in [0.15, 0.2) is 23.1 Å². The summed E-state index contributed by atoms with van der Waals surface area (Å²) in [5.41, 5.74) is -0.956. The van der Waals surface area contributed by atoms with E-state index in [0.717, 1.165) is 23.1 Å². The Labute approximate surface area is 169 Å². The molecule has 0 amide bonds. The predicted molar refractivity (Wildman–Crippen MR) is 107 cm³/mol. The number of carbonyl (C=O) groups is 2. The fourth-order valence-electron chi connectivity index (χ4n) is 2.59. The molecule has 1 aromatic heterocycles. The van der Waals surface area contributed by atoms with Crippen molar-refractivity contribution in [1.29, 1.82) is 0 Å². The number of benzene rings is 1. The largest absolute Gasteiger partial charge is 0.493 e. The van der Waals surface area contributed by atoms with Gasteiger partial charge < -0.3 is 14.2 Å². The second-order valence-corrected chi connectivity index (χ2v) is 8.49. The van der Waals surface area contributed by atoms with Gasteiger partial charge in [0.2, 0.25) is 0 Å². The van der Waals surface area contributed by atoms with Gasteiger partial charge in [-0.1, -0.05) is 15.9 Å². The molecule has 148 valence electrons. The van der Waals surface area contributed by atoms with Gasteiger partial charge in [-0.15, -0.1) is 11.3 Å². The van der Waals surface area contributed by atoms with Gasteiger partial charge in [0.25, 0.3) is 0 Å². The molecule has 0 bridgehead atoms. The summed E-state index contributed by atoms with van der Waals surface area (Å²) in [5.74, 6) is -0.941. The standard InChI is InChI=1S/C19H22BrFO5S/c1-19(2,18(23)25-4)10-12(22)15-8-11-14(27-15)9-13(24-3)17(16(11)21)26-7-5-6-20/h8-9H,5-7,10H2,1-4H3. The van der Waals surface area contributed by atoms with Crippen molar-refractivity contribution in [2.75, 3.05) is 26.2 Å². The van der Waals surface area contributed by atoms with Crippen molar-refractivity contribution in [3.8, 4) is 11.5 Å². The van der Waals surface area contributed by atoms with Crippen LogP contribution in [0, 0.1) is 11.2 Å². The first-order valence-electron chi connectivity index (χ1n) is 8.35. The van der Waals surface area contributed by atoms with E-state index in [0.29, 0.717) is 21.6 Å². The number of rotatable bonds is 9. The molecule has 8 heteroatoms. The van der Waals surface area contributed by atoms with Crippen molar-refractivity contribution in [3.05, 3.63) is 22.8 Å². The maximum atomic E-state index is 14.9. The van der Waals surface area contributed by atoms with Gasteiger partial charge in [0.05, 0.1) is 31.1 Å². The first-order valence-corrected chi connectivity index (χ1v) is 10.3. The van der Waals surface area contributed by atoms with Crippen LogP contribution >= 0.6 is 27.3 Å². The lowest BCUT2D eigenvalue weighted by molar-refractivity contribution is -0.150. The van der Waals surface area contributed by atoms with E-state index in [1.54, 1.807) is 19.9 Å². The number of ether oxygens (including phenoxy) is 3. The van der Waals surface area contributed by atoms with Crippen LogP contribution in [-0.2, 0) is 9.53 Å². The van der Waals surface area contributed by atoms with E-state index >= 15 is 0 Å². The highest BCUT2D eigenvalue weighted by atomic mass is 79.9. The summed E-state index contributed by atoms with van der Waals surface area (Å²) in [6.45, 7) is 3.63. The number of methoxy groups -OCH3 is 2. The van der Waals surface area contributed by atoms with Crippen LogP contribution in [0.25, 0.3) is 10.1 Å². The summed E-state index contributed by atoms with van der Waals surface area (Å²) in [4.78, 5) is 24.8. The second-order valence-electron chi connectivity index (χ2n) is 6.61. The Morgan fingerprint density at radius 1 is 1.26 bits per heavy atom. The van der Waals surface area contributed by atoms with E-state index in [2.05, 4.69) is 15.9 Å². The lowest BCUT2D eigenvalue weighted by Crippen LogP contribution is -2.28. The molecule has 0 fully saturated rings. The van der Waals surface area contributed by atoms with Crippen LogP contribution in [-0.4, -0.2) is 37.9 Å². The Hall–Kier alpha value is -1.67. The molecule has 0 saturated heterocycles. The van der Waals surface area contributed by atoms with Crippen LogP contribution in [0.3, 0.4) is 0 Å². The molecule has 0 aliphatic rings. The van der Waals surface area contributed by atoms with Gasteiger partial charge in [-0.05, 0) is 26.3 Å². The number of Topliss-reactive ketones (excluding diaryl/α,β-unsaturated/α-hetero) is 1. The van der Waals surface area contributed by atoms with Crippen molar-refractivity contribution in [1.82, 2.24) is 0 Å². The van der Waals surface area contributed by atoms with Crippen LogP contribution in [0.2, 0.25) is 0 Å². The van der Waals surface area contributed by atoms with Crippen molar-refractivity contribution >= 4 is 49.1 Å². The molecule has 0 atom stereocenters. The summed E-state index contributed by atoms with van der Waals surface area (Å²) in [7, 11) is 2.73. The van der Waals surface area contributed by atoms with E-state index in [1.165, 1.54) is 20.3 Å². The lowest BCUT2D eigenvalue weighted by Gasteiger charge is -2.19. The number of halogens is 2. The van der Waals surface area contributed by atoms with Crippen molar-refractivity contribution in [2.24, 2.45) is 5.41 Å². The predicted octanol–water partition coefficient (Wildman–Crippen LogP) is 4.98. The van der Waals surface area contributed by atoms with Crippen LogP contribution in [0.5, 0.6) is 11.5 Å². The highest BCUT2D eigenvalue weighted by molar-refractivity contribution is 9.09. The van der Waals surface area contributed by atoms with Gasteiger partial charge in [-0.2, -0.15) is 0 Å². The van der Waals surface area contributed by atoms with Crippen LogP contribution < -0.4 is 9.47 Å². The molecule has 0 aliphatic carbocycles. The Bertz CT molecular complexity index is 846. The fraction of sp³-hybridized carbons (Fsp3) is 0.474. The topological polar surface area (TPSA) is 61.8 Å². The SMILES string of the molecule is COC(=O)C(C)(C)CC(=O)c1cc2c(F)c(OCCCBr)c(OC)cc2s1. The number of hydrogen-bond acceptors (Lipinski definition) is 6. The van der Waals surface area contributed by atoms with E-state index in [-0.39, 0.29) is 23.7 Å². The molecule has 2 rings (SSSR count). The number of ketones is 1. The molecule has 0 unspecified atom stereocenters. The minimum absolute atomic E-state index is 0.0279. The van der Waals surface area contributed by atoms with E-state index in [1.807, 2.05) is 0 Å². The maximum absolute atomic E-state index is 14.9. The molecule has 1 aromatic carbocycles.